The highest BCUT2D eigenvalue weighted by molar-refractivity contribution is 5.78. The molecule has 0 saturated heterocycles. The van der Waals surface area contributed by atoms with Gasteiger partial charge in [-0.15, -0.1) is 0 Å². The van der Waals surface area contributed by atoms with Crippen LogP contribution in [0.5, 0.6) is 0 Å². The van der Waals surface area contributed by atoms with Crippen LogP contribution in [0.15, 0.2) is 0 Å². The Kier molecular flexibility index (Phi) is 13.3. The summed E-state index contributed by atoms with van der Waals surface area (Å²) in [4.78, 5) is 22.4. The van der Waals surface area contributed by atoms with Crippen molar-refractivity contribution in [2.24, 2.45) is 35.5 Å². The molecule has 0 aliphatic heterocycles. The van der Waals surface area contributed by atoms with E-state index in [0.29, 0.717) is 29.5 Å². The van der Waals surface area contributed by atoms with Crippen LogP contribution in [0.3, 0.4) is 0 Å². The third kappa shape index (κ3) is 12.3. The topological polar surface area (TPSA) is 43.4 Å². The first-order chi connectivity index (χ1) is 10.4. The predicted molar refractivity (Wildman–Crippen MR) is 98.3 cm³/mol. The molecule has 0 radical (unpaired) electrons. The van der Waals surface area contributed by atoms with Crippen molar-refractivity contribution in [3.63, 3.8) is 0 Å². The van der Waals surface area contributed by atoms with Gasteiger partial charge in [-0.1, -0.05) is 55.4 Å². The summed E-state index contributed by atoms with van der Waals surface area (Å²) in [6, 6.07) is 0. The van der Waals surface area contributed by atoms with Crippen LogP contribution in [-0.2, 0) is 14.3 Å². The second-order valence-corrected chi connectivity index (χ2v) is 8.09. The summed E-state index contributed by atoms with van der Waals surface area (Å²) in [6.07, 6.45) is 1.96. The molecule has 2 unspecified atom stereocenters. The number of ketones is 1. The van der Waals surface area contributed by atoms with Crippen LogP contribution in [0.2, 0.25) is 0 Å². The van der Waals surface area contributed by atoms with Crippen molar-refractivity contribution in [3.8, 4) is 0 Å². The number of Topliss-reactive ketones (excluding diaryl/α,β-unsaturated/α-hetero) is 1. The molecule has 3 heteroatoms. The number of hydrogen-bond donors (Lipinski definition) is 0. The number of methoxy groups -OCH3 is 1. The highest BCUT2D eigenvalue weighted by Crippen LogP contribution is 2.21. The van der Waals surface area contributed by atoms with Crippen LogP contribution in [0.1, 0.15) is 75.2 Å². The Morgan fingerprint density at radius 1 is 0.739 bits per heavy atom. The first-order valence-electron chi connectivity index (χ1n) is 9.02. The summed E-state index contributed by atoms with van der Waals surface area (Å²) in [5.74, 6) is 2.66. The van der Waals surface area contributed by atoms with Gasteiger partial charge in [0, 0.05) is 5.92 Å². The Morgan fingerprint density at radius 2 is 1.09 bits per heavy atom. The minimum Gasteiger partial charge on any atom is -0.469 e. The molecular weight excluding hydrogens is 288 g/mol. The second kappa shape index (κ2) is 12.5. The van der Waals surface area contributed by atoms with Crippen molar-refractivity contribution in [1.29, 1.82) is 0 Å². The average molecular weight is 329 g/mol. The van der Waals surface area contributed by atoms with Crippen LogP contribution in [-0.4, -0.2) is 18.9 Å². The van der Waals surface area contributed by atoms with Gasteiger partial charge in [0.2, 0.25) is 0 Å². The lowest BCUT2D eigenvalue weighted by atomic mass is 9.85. The lowest BCUT2D eigenvalue weighted by Gasteiger charge is -2.19. The van der Waals surface area contributed by atoms with Gasteiger partial charge in [0.05, 0.1) is 13.0 Å². The van der Waals surface area contributed by atoms with Gasteiger partial charge in [-0.3, -0.25) is 9.59 Å². The smallest absolute Gasteiger partial charge is 0.308 e. The van der Waals surface area contributed by atoms with Gasteiger partial charge in [-0.2, -0.15) is 0 Å². The Morgan fingerprint density at radius 3 is 1.26 bits per heavy atom. The zero-order valence-corrected chi connectivity index (χ0v) is 17.1. The van der Waals surface area contributed by atoms with Gasteiger partial charge in [-0.05, 0) is 43.4 Å². The number of carbonyl (C=O) groups excluding carboxylic acids is 2. The van der Waals surface area contributed by atoms with E-state index in [0.717, 1.165) is 12.8 Å². The standard InChI is InChI=1S/C10H20O2.C10H20O/c1-7(2)6-9(8(3)4)10(11)12-5;1-7(2)6-10(8(3)4)9(5)11/h7-9H,6H2,1-5H3;7-8,10H,6H2,1-5H3. The van der Waals surface area contributed by atoms with Gasteiger partial charge in [0.15, 0.2) is 0 Å². The maximum Gasteiger partial charge on any atom is 0.308 e. The summed E-state index contributed by atoms with van der Waals surface area (Å²) in [7, 11) is 1.46. The molecule has 0 saturated carbocycles. The molecule has 0 aromatic heterocycles. The first-order valence-corrected chi connectivity index (χ1v) is 9.02. The third-order valence-electron chi connectivity index (χ3n) is 4.09. The molecule has 0 bridgehead atoms. The molecule has 138 valence electrons. The van der Waals surface area contributed by atoms with Gasteiger partial charge in [0.1, 0.15) is 5.78 Å². The molecule has 3 nitrogen and oxygen atoms in total. The van der Waals surface area contributed by atoms with Gasteiger partial charge in [0.25, 0.3) is 0 Å². The van der Waals surface area contributed by atoms with Crippen molar-refractivity contribution in [3.05, 3.63) is 0 Å². The highest BCUT2D eigenvalue weighted by atomic mass is 16.5. The van der Waals surface area contributed by atoms with Crippen molar-refractivity contribution in [1.82, 2.24) is 0 Å². The maximum absolute atomic E-state index is 11.3. The molecule has 0 N–H and O–H groups in total. The number of esters is 1. The number of rotatable bonds is 8. The molecule has 0 spiro atoms. The monoisotopic (exact) mass is 328 g/mol. The molecule has 0 heterocycles. The van der Waals surface area contributed by atoms with E-state index in [-0.39, 0.29) is 17.8 Å². The summed E-state index contributed by atoms with van der Waals surface area (Å²) in [5, 5.41) is 0. The number of ether oxygens (including phenoxy) is 1. The maximum atomic E-state index is 11.3. The summed E-state index contributed by atoms with van der Waals surface area (Å²) in [6.45, 7) is 18.6. The van der Waals surface area contributed by atoms with E-state index in [9.17, 15) is 9.59 Å². The predicted octanol–water partition coefficient (Wildman–Crippen LogP) is 5.37. The largest absolute Gasteiger partial charge is 0.469 e. The molecule has 0 rings (SSSR count). The van der Waals surface area contributed by atoms with Crippen LogP contribution in [0.25, 0.3) is 0 Å². The van der Waals surface area contributed by atoms with Crippen molar-refractivity contribution in [2.75, 3.05) is 7.11 Å². The van der Waals surface area contributed by atoms with E-state index in [1.165, 1.54) is 7.11 Å². The molecule has 0 aliphatic carbocycles. The van der Waals surface area contributed by atoms with Gasteiger partial charge < -0.3 is 4.74 Å². The van der Waals surface area contributed by atoms with Gasteiger partial charge in [-0.25, -0.2) is 0 Å². The van der Waals surface area contributed by atoms with Crippen LogP contribution < -0.4 is 0 Å². The zero-order valence-electron chi connectivity index (χ0n) is 17.1. The molecule has 0 aliphatic rings. The van der Waals surface area contributed by atoms with E-state index < -0.39 is 0 Å². The lowest BCUT2D eigenvalue weighted by Crippen LogP contribution is -2.23. The Hall–Kier alpha value is -0.860. The van der Waals surface area contributed by atoms with Crippen LogP contribution in [0, 0.1) is 35.5 Å². The van der Waals surface area contributed by atoms with E-state index in [1.54, 1.807) is 6.92 Å². The minimum absolute atomic E-state index is 0.0648. The zero-order chi connectivity index (χ0) is 18.7. The summed E-state index contributed by atoms with van der Waals surface area (Å²) >= 11 is 0. The Balaban J connectivity index is 0. The molecule has 0 aromatic rings. The molecule has 2 atom stereocenters. The normalized spacial score (nSPS) is 13.8. The fourth-order valence-electron chi connectivity index (χ4n) is 2.72. The fourth-order valence-corrected chi connectivity index (χ4v) is 2.72. The highest BCUT2D eigenvalue weighted by Gasteiger charge is 2.23. The van der Waals surface area contributed by atoms with Crippen molar-refractivity contribution < 1.29 is 14.3 Å². The first kappa shape index (κ1) is 24.4. The molecule has 0 amide bonds. The Bertz CT molecular complexity index is 330. The number of carbonyl (C=O) groups is 2. The van der Waals surface area contributed by atoms with E-state index in [2.05, 4.69) is 55.4 Å². The quantitative estimate of drug-likeness (QED) is 0.562. The lowest BCUT2D eigenvalue weighted by molar-refractivity contribution is -0.147. The molecular formula is C20H40O3. The van der Waals surface area contributed by atoms with E-state index in [4.69, 9.17) is 4.74 Å². The molecule has 0 aromatic carbocycles. The molecule has 23 heavy (non-hydrogen) atoms. The summed E-state index contributed by atoms with van der Waals surface area (Å²) < 4.78 is 4.74. The third-order valence-corrected chi connectivity index (χ3v) is 4.09. The molecule has 0 fully saturated rings. The SMILES string of the molecule is CC(=O)C(CC(C)C)C(C)C.COC(=O)C(CC(C)C)C(C)C. The van der Waals surface area contributed by atoms with E-state index in [1.807, 2.05) is 0 Å². The van der Waals surface area contributed by atoms with Gasteiger partial charge >= 0.3 is 5.97 Å². The Labute approximate surface area is 144 Å². The van der Waals surface area contributed by atoms with Crippen molar-refractivity contribution in [2.45, 2.75) is 75.2 Å². The van der Waals surface area contributed by atoms with Crippen LogP contribution >= 0.6 is 0 Å². The summed E-state index contributed by atoms with van der Waals surface area (Å²) in [5.41, 5.74) is 0. The number of hydrogen-bond acceptors (Lipinski definition) is 3. The minimum atomic E-state index is -0.0706. The van der Waals surface area contributed by atoms with Crippen molar-refractivity contribution >= 4 is 11.8 Å². The fraction of sp³-hybridized carbons (Fsp3) is 0.900. The van der Waals surface area contributed by atoms with Crippen LogP contribution in [0.4, 0.5) is 0 Å². The second-order valence-electron chi connectivity index (χ2n) is 8.09. The van der Waals surface area contributed by atoms with E-state index >= 15 is 0 Å². The average Bonchev–Trinajstić information content (AvgIpc) is 2.40.